The summed E-state index contributed by atoms with van der Waals surface area (Å²) in [6, 6.07) is 21.2. The number of rotatable bonds is 14. The number of aryl methyl sites for hydroxylation is 1. The number of nitrogens with zero attached hydrogens (tertiary/aromatic N) is 1. The van der Waals surface area contributed by atoms with Gasteiger partial charge >= 0.3 is 0 Å². The molecule has 0 heterocycles. The van der Waals surface area contributed by atoms with Crippen molar-refractivity contribution < 1.29 is 23.5 Å². The molecular formula is C35H43FN2O4. The number of carbonyl (C=O) groups is 2. The predicted octanol–water partition coefficient (Wildman–Crippen LogP) is 6.64. The van der Waals surface area contributed by atoms with E-state index in [4.69, 9.17) is 9.47 Å². The zero-order chi connectivity index (χ0) is 29.7. The first-order chi connectivity index (χ1) is 20.5. The zero-order valence-electron chi connectivity index (χ0n) is 24.8. The van der Waals surface area contributed by atoms with Crippen molar-refractivity contribution in [1.29, 1.82) is 0 Å². The maximum Gasteiger partial charge on any atom is 0.243 e. The standard InChI is InChI=1S/C35H43FN2O4/c1-3-41-32-21-19-27(24-33(32)42-4-2)20-22-34(39)38(25-28-15-11-12-18-30(28)36)31(23-26-13-7-5-8-14-26)35(40)37-29-16-9-6-10-17-29/h5,7-8,11-15,18-19,21,24,29,31H,3-4,6,9-10,16-17,20,22-23,25H2,1-2H3,(H,37,40). The van der Waals surface area contributed by atoms with Crippen molar-refractivity contribution in [1.82, 2.24) is 10.2 Å². The van der Waals surface area contributed by atoms with E-state index in [0.717, 1.165) is 36.8 Å². The van der Waals surface area contributed by atoms with E-state index >= 15 is 0 Å². The summed E-state index contributed by atoms with van der Waals surface area (Å²) < 4.78 is 26.3. The number of carbonyl (C=O) groups excluding carboxylic acids is 2. The van der Waals surface area contributed by atoms with Crippen LogP contribution in [-0.4, -0.2) is 42.0 Å². The molecular weight excluding hydrogens is 531 g/mol. The molecule has 1 unspecified atom stereocenters. The predicted molar refractivity (Wildman–Crippen MR) is 163 cm³/mol. The third kappa shape index (κ3) is 8.81. The van der Waals surface area contributed by atoms with E-state index in [1.165, 1.54) is 12.5 Å². The van der Waals surface area contributed by atoms with Crippen LogP contribution < -0.4 is 14.8 Å². The average Bonchev–Trinajstić information content (AvgIpc) is 3.01. The summed E-state index contributed by atoms with van der Waals surface area (Å²) in [6.45, 7) is 4.86. The smallest absolute Gasteiger partial charge is 0.243 e. The van der Waals surface area contributed by atoms with E-state index in [1.807, 2.05) is 62.4 Å². The lowest BCUT2D eigenvalue weighted by molar-refractivity contribution is -0.141. The van der Waals surface area contributed by atoms with Gasteiger partial charge in [-0.1, -0.05) is 73.9 Å². The molecule has 0 saturated heterocycles. The Labute approximate surface area is 249 Å². The quantitative estimate of drug-likeness (QED) is 0.234. The molecule has 6 nitrogen and oxygen atoms in total. The van der Waals surface area contributed by atoms with Crippen LogP contribution in [0.1, 0.15) is 69.1 Å². The fourth-order valence-electron chi connectivity index (χ4n) is 5.55. The summed E-state index contributed by atoms with van der Waals surface area (Å²) in [5, 5.41) is 3.23. The Balaban J connectivity index is 1.61. The van der Waals surface area contributed by atoms with Crippen molar-refractivity contribution in [2.24, 2.45) is 0 Å². The second-order valence-corrected chi connectivity index (χ2v) is 10.8. The van der Waals surface area contributed by atoms with Gasteiger partial charge in [-0.2, -0.15) is 0 Å². The van der Waals surface area contributed by atoms with Gasteiger partial charge in [0.1, 0.15) is 11.9 Å². The fraction of sp³-hybridized carbons (Fsp3) is 0.429. The Hall–Kier alpha value is -3.87. The molecule has 0 aromatic heterocycles. The topological polar surface area (TPSA) is 67.9 Å². The van der Waals surface area contributed by atoms with Crippen molar-refractivity contribution in [3.8, 4) is 11.5 Å². The first-order valence-electron chi connectivity index (χ1n) is 15.2. The Morgan fingerprint density at radius 1 is 0.881 bits per heavy atom. The van der Waals surface area contributed by atoms with E-state index < -0.39 is 11.9 Å². The van der Waals surface area contributed by atoms with Crippen LogP contribution >= 0.6 is 0 Å². The molecule has 0 radical (unpaired) electrons. The van der Waals surface area contributed by atoms with Crippen LogP contribution in [0.4, 0.5) is 4.39 Å². The average molecular weight is 575 g/mol. The highest BCUT2D eigenvalue weighted by molar-refractivity contribution is 5.88. The van der Waals surface area contributed by atoms with E-state index in [1.54, 1.807) is 23.1 Å². The lowest BCUT2D eigenvalue weighted by Crippen LogP contribution is -2.53. The molecule has 224 valence electrons. The highest BCUT2D eigenvalue weighted by Gasteiger charge is 2.32. The molecule has 1 aliphatic rings. The van der Waals surface area contributed by atoms with Crippen molar-refractivity contribution in [2.75, 3.05) is 13.2 Å². The van der Waals surface area contributed by atoms with Crippen LogP contribution in [0.2, 0.25) is 0 Å². The third-order valence-corrected chi connectivity index (χ3v) is 7.76. The van der Waals surface area contributed by atoms with Gasteiger partial charge in [-0.25, -0.2) is 4.39 Å². The molecule has 1 fully saturated rings. The van der Waals surface area contributed by atoms with Crippen LogP contribution in [0.5, 0.6) is 11.5 Å². The van der Waals surface area contributed by atoms with E-state index in [2.05, 4.69) is 5.32 Å². The summed E-state index contributed by atoms with van der Waals surface area (Å²) >= 11 is 0. The van der Waals surface area contributed by atoms with Crippen LogP contribution in [0.3, 0.4) is 0 Å². The second-order valence-electron chi connectivity index (χ2n) is 10.8. The molecule has 3 aromatic rings. The Kier molecular flexibility index (Phi) is 11.8. The van der Waals surface area contributed by atoms with Crippen molar-refractivity contribution in [3.63, 3.8) is 0 Å². The second kappa shape index (κ2) is 15.9. The lowest BCUT2D eigenvalue weighted by Gasteiger charge is -2.33. The molecule has 1 aliphatic carbocycles. The van der Waals surface area contributed by atoms with Crippen molar-refractivity contribution in [3.05, 3.63) is 95.3 Å². The minimum atomic E-state index is -0.777. The van der Waals surface area contributed by atoms with Gasteiger partial charge in [0.2, 0.25) is 11.8 Å². The normalized spacial score (nSPS) is 14.2. The van der Waals surface area contributed by atoms with Gasteiger partial charge < -0.3 is 19.7 Å². The number of hydrogen-bond acceptors (Lipinski definition) is 4. The number of nitrogens with one attached hydrogen (secondary N) is 1. The van der Waals surface area contributed by atoms with Gasteiger partial charge in [-0.15, -0.1) is 0 Å². The molecule has 3 aromatic carbocycles. The van der Waals surface area contributed by atoms with E-state index in [0.29, 0.717) is 43.1 Å². The summed E-state index contributed by atoms with van der Waals surface area (Å²) in [4.78, 5) is 29.5. The number of ether oxygens (including phenoxy) is 2. The number of benzene rings is 3. The zero-order valence-corrected chi connectivity index (χ0v) is 24.8. The summed E-state index contributed by atoms with van der Waals surface area (Å²) in [5.41, 5.74) is 2.25. The largest absolute Gasteiger partial charge is 0.490 e. The first kappa shape index (κ1) is 31.1. The first-order valence-corrected chi connectivity index (χ1v) is 15.2. The van der Waals surface area contributed by atoms with Gasteiger partial charge in [0, 0.05) is 31.0 Å². The van der Waals surface area contributed by atoms with Gasteiger partial charge in [0.25, 0.3) is 0 Å². The molecule has 0 spiro atoms. The maximum absolute atomic E-state index is 14.9. The lowest BCUT2D eigenvalue weighted by atomic mass is 9.94. The maximum atomic E-state index is 14.9. The number of hydrogen-bond donors (Lipinski definition) is 1. The van der Waals surface area contributed by atoms with Crippen molar-refractivity contribution >= 4 is 11.8 Å². The van der Waals surface area contributed by atoms with Crippen LogP contribution in [0, 0.1) is 5.82 Å². The van der Waals surface area contributed by atoms with Gasteiger partial charge in [-0.3, -0.25) is 9.59 Å². The number of amides is 2. The minimum absolute atomic E-state index is 0.00850. The van der Waals surface area contributed by atoms with Gasteiger partial charge in [-0.05, 0) is 62.4 Å². The monoisotopic (exact) mass is 574 g/mol. The van der Waals surface area contributed by atoms with E-state index in [9.17, 15) is 14.0 Å². The Morgan fingerprint density at radius 3 is 2.29 bits per heavy atom. The Bertz CT molecular complexity index is 1290. The fourth-order valence-corrected chi connectivity index (χ4v) is 5.55. The van der Waals surface area contributed by atoms with Gasteiger partial charge in [0.05, 0.1) is 13.2 Å². The Morgan fingerprint density at radius 2 is 1.57 bits per heavy atom. The van der Waals surface area contributed by atoms with Crippen molar-refractivity contribution in [2.45, 2.75) is 83.8 Å². The molecule has 1 atom stereocenters. The van der Waals surface area contributed by atoms with Crippen LogP contribution in [0.25, 0.3) is 0 Å². The van der Waals surface area contributed by atoms with Crippen LogP contribution in [-0.2, 0) is 29.0 Å². The summed E-state index contributed by atoms with van der Waals surface area (Å²) in [6.07, 6.45) is 6.16. The molecule has 42 heavy (non-hydrogen) atoms. The SMILES string of the molecule is CCOc1ccc(CCC(=O)N(Cc2ccccc2F)C(Cc2ccccc2)C(=O)NC2CCCCC2)cc1OCC. The van der Waals surface area contributed by atoms with Gasteiger partial charge in [0.15, 0.2) is 11.5 Å². The molecule has 1 saturated carbocycles. The van der Waals surface area contributed by atoms with E-state index in [-0.39, 0.29) is 30.8 Å². The molecule has 7 heteroatoms. The molecule has 2 amide bonds. The molecule has 1 N–H and O–H groups in total. The summed E-state index contributed by atoms with van der Waals surface area (Å²) in [7, 11) is 0. The third-order valence-electron chi connectivity index (χ3n) is 7.76. The minimum Gasteiger partial charge on any atom is -0.490 e. The molecule has 4 rings (SSSR count). The molecule has 0 bridgehead atoms. The highest BCUT2D eigenvalue weighted by atomic mass is 19.1. The number of halogens is 1. The van der Waals surface area contributed by atoms with Crippen LogP contribution in [0.15, 0.2) is 72.8 Å². The molecule has 0 aliphatic heterocycles. The summed E-state index contributed by atoms with van der Waals surface area (Å²) in [5.74, 6) is 0.522. The highest BCUT2D eigenvalue weighted by Crippen LogP contribution is 2.29.